The molecule has 0 aliphatic carbocycles. The predicted octanol–water partition coefficient (Wildman–Crippen LogP) is 2.66. The maximum absolute atomic E-state index is 13.1. The lowest BCUT2D eigenvalue weighted by Crippen LogP contribution is -2.36. The van der Waals surface area contributed by atoms with Gasteiger partial charge in [0.05, 0.1) is 11.4 Å². The van der Waals surface area contributed by atoms with Gasteiger partial charge in [0.2, 0.25) is 0 Å². The van der Waals surface area contributed by atoms with E-state index in [4.69, 9.17) is 0 Å². The van der Waals surface area contributed by atoms with Crippen molar-refractivity contribution in [2.24, 2.45) is 0 Å². The fourth-order valence-corrected chi connectivity index (χ4v) is 3.50. The molecule has 1 aliphatic heterocycles. The largest absolute Gasteiger partial charge is 0.306 e. The van der Waals surface area contributed by atoms with Crippen molar-refractivity contribution >= 4 is 10.8 Å². The second-order valence-electron chi connectivity index (χ2n) is 6.30. The molecular formula is C18H20N4O. The van der Waals surface area contributed by atoms with E-state index in [2.05, 4.69) is 28.2 Å². The number of nitrogens with zero attached hydrogens (tertiary/aromatic N) is 3. The minimum Gasteiger partial charge on any atom is -0.306 e. The third kappa shape index (κ3) is 2.47. The van der Waals surface area contributed by atoms with Gasteiger partial charge in [0, 0.05) is 17.6 Å². The second kappa shape index (κ2) is 5.66. The lowest BCUT2D eigenvalue weighted by atomic mass is 10.0. The van der Waals surface area contributed by atoms with Gasteiger partial charge in [0.1, 0.15) is 0 Å². The van der Waals surface area contributed by atoms with E-state index in [0.29, 0.717) is 0 Å². The predicted molar refractivity (Wildman–Crippen MR) is 91.6 cm³/mol. The molecule has 3 heterocycles. The normalized spacial score (nSPS) is 16.9. The third-order valence-electron chi connectivity index (χ3n) is 4.79. The Kier molecular flexibility index (Phi) is 3.50. The van der Waals surface area contributed by atoms with E-state index in [1.54, 1.807) is 6.20 Å². The van der Waals surface area contributed by atoms with Crippen LogP contribution in [-0.2, 0) is 0 Å². The SMILES string of the molecule is CN1CCC(n2c(-c3ccn[nH]3)cc3ccccc3c2=O)CC1. The van der Waals surface area contributed by atoms with Gasteiger partial charge in [-0.2, -0.15) is 5.10 Å². The Morgan fingerprint density at radius 3 is 2.70 bits per heavy atom. The highest BCUT2D eigenvalue weighted by atomic mass is 16.1. The number of nitrogens with one attached hydrogen (secondary N) is 1. The van der Waals surface area contributed by atoms with Crippen molar-refractivity contribution in [3.63, 3.8) is 0 Å². The fraction of sp³-hybridized carbons (Fsp3) is 0.333. The second-order valence-corrected chi connectivity index (χ2v) is 6.30. The molecular weight excluding hydrogens is 288 g/mol. The zero-order valence-corrected chi connectivity index (χ0v) is 13.2. The molecule has 1 saturated heterocycles. The number of piperidine rings is 1. The summed E-state index contributed by atoms with van der Waals surface area (Å²) >= 11 is 0. The topological polar surface area (TPSA) is 53.9 Å². The molecule has 23 heavy (non-hydrogen) atoms. The van der Waals surface area contributed by atoms with Gasteiger partial charge < -0.3 is 9.47 Å². The quantitative estimate of drug-likeness (QED) is 0.792. The molecule has 1 aromatic carbocycles. The number of hydrogen-bond acceptors (Lipinski definition) is 3. The highest BCUT2D eigenvalue weighted by molar-refractivity contribution is 5.85. The van der Waals surface area contributed by atoms with Crippen molar-refractivity contribution < 1.29 is 0 Å². The van der Waals surface area contributed by atoms with Crippen molar-refractivity contribution in [3.05, 3.63) is 52.9 Å². The van der Waals surface area contributed by atoms with Crippen molar-refractivity contribution in [1.82, 2.24) is 19.7 Å². The molecule has 4 rings (SSSR count). The van der Waals surface area contributed by atoms with Crippen molar-refractivity contribution in [2.75, 3.05) is 20.1 Å². The highest BCUT2D eigenvalue weighted by Crippen LogP contribution is 2.28. The maximum atomic E-state index is 13.1. The Labute approximate surface area is 134 Å². The number of aromatic amines is 1. The summed E-state index contributed by atoms with van der Waals surface area (Å²) in [6, 6.07) is 12.1. The Hall–Kier alpha value is -2.40. The van der Waals surface area contributed by atoms with Gasteiger partial charge in [-0.3, -0.25) is 9.89 Å². The zero-order chi connectivity index (χ0) is 15.8. The summed E-state index contributed by atoms with van der Waals surface area (Å²) in [6.07, 6.45) is 3.72. The van der Waals surface area contributed by atoms with E-state index < -0.39 is 0 Å². The van der Waals surface area contributed by atoms with Crippen LogP contribution in [0.2, 0.25) is 0 Å². The summed E-state index contributed by atoms with van der Waals surface area (Å²) in [6.45, 7) is 2.04. The number of pyridine rings is 1. The van der Waals surface area contributed by atoms with E-state index in [0.717, 1.165) is 48.1 Å². The number of aromatic nitrogens is 3. The Morgan fingerprint density at radius 2 is 1.96 bits per heavy atom. The Morgan fingerprint density at radius 1 is 1.17 bits per heavy atom. The number of likely N-dealkylation sites (tertiary alicyclic amines) is 1. The van der Waals surface area contributed by atoms with Crippen LogP contribution in [0.5, 0.6) is 0 Å². The minimum absolute atomic E-state index is 0.0993. The first kappa shape index (κ1) is 14.2. The summed E-state index contributed by atoms with van der Waals surface area (Å²) in [4.78, 5) is 15.5. The minimum atomic E-state index is 0.0993. The molecule has 0 atom stereocenters. The molecule has 3 aromatic rings. The fourth-order valence-electron chi connectivity index (χ4n) is 3.50. The smallest absolute Gasteiger partial charge is 0.259 e. The molecule has 0 bridgehead atoms. The number of H-pyrrole nitrogens is 1. The number of rotatable bonds is 2. The van der Waals surface area contributed by atoms with Gasteiger partial charge in [-0.15, -0.1) is 0 Å². The molecule has 0 radical (unpaired) electrons. The number of hydrogen-bond donors (Lipinski definition) is 1. The molecule has 0 spiro atoms. The molecule has 5 heteroatoms. The lowest BCUT2D eigenvalue weighted by Gasteiger charge is -2.31. The van der Waals surface area contributed by atoms with Crippen LogP contribution < -0.4 is 5.56 Å². The Bertz CT molecular complexity index is 874. The van der Waals surface area contributed by atoms with Crippen molar-refractivity contribution in [2.45, 2.75) is 18.9 Å². The van der Waals surface area contributed by atoms with E-state index in [-0.39, 0.29) is 11.6 Å². The molecule has 2 aromatic heterocycles. The van der Waals surface area contributed by atoms with E-state index in [9.17, 15) is 4.79 Å². The Balaban J connectivity index is 1.94. The summed E-state index contributed by atoms with van der Waals surface area (Å²) < 4.78 is 1.98. The van der Waals surface area contributed by atoms with Gasteiger partial charge in [0.25, 0.3) is 5.56 Å². The van der Waals surface area contributed by atoms with E-state index in [1.165, 1.54) is 0 Å². The molecule has 1 aliphatic rings. The maximum Gasteiger partial charge on any atom is 0.259 e. The van der Waals surface area contributed by atoms with Crippen LogP contribution >= 0.6 is 0 Å². The van der Waals surface area contributed by atoms with Gasteiger partial charge in [-0.1, -0.05) is 18.2 Å². The van der Waals surface area contributed by atoms with Gasteiger partial charge >= 0.3 is 0 Å². The van der Waals surface area contributed by atoms with Crippen LogP contribution in [0.1, 0.15) is 18.9 Å². The molecule has 0 amide bonds. The molecule has 0 saturated carbocycles. The summed E-state index contributed by atoms with van der Waals surface area (Å²) in [5.74, 6) is 0. The first-order valence-electron chi connectivity index (χ1n) is 8.06. The van der Waals surface area contributed by atoms with Crippen LogP contribution in [0.15, 0.2) is 47.4 Å². The number of benzene rings is 1. The van der Waals surface area contributed by atoms with Crippen LogP contribution in [-0.4, -0.2) is 39.8 Å². The molecule has 5 nitrogen and oxygen atoms in total. The van der Waals surface area contributed by atoms with Crippen molar-refractivity contribution in [3.8, 4) is 11.4 Å². The van der Waals surface area contributed by atoms with Gasteiger partial charge in [0.15, 0.2) is 0 Å². The molecule has 1 fully saturated rings. The highest BCUT2D eigenvalue weighted by Gasteiger charge is 2.23. The lowest BCUT2D eigenvalue weighted by molar-refractivity contribution is 0.220. The first-order chi connectivity index (χ1) is 11.2. The summed E-state index contributed by atoms with van der Waals surface area (Å²) in [7, 11) is 2.13. The van der Waals surface area contributed by atoms with Crippen molar-refractivity contribution in [1.29, 1.82) is 0 Å². The van der Waals surface area contributed by atoms with Crippen LogP contribution in [0.4, 0.5) is 0 Å². The van der Waals surface area contributed by atoms with E-state index >= 15 is 0 Å². The molecule has 118 valence electrons. The summed E-state index contributed by atoms with van der Waals surface area (Å²) in [5, 5.41) is 8.84. The third-order valence-corrected chi connectivity index (χ3v) is 4.79. The first-order valence-corrected chi connectivity index (χ1v) is 8.06. The molecule has 1 N–H and O–H groups in total. The van der Waals surface area contributed by atoms with Crippen LogP contribution in [0.3, 0.4) is 0 Å². The van der Waals surface area contributed by atoms with Crippen LogP contribution in [0.25, 0.3) is 22.2 Å². The van der Waals surface area contributed by atoms with Gasteiger partial charge in [-0.05, 0) is 56.6 Å². The average molecular weight is 308 g/mol. The number of fused-ring (bicyclic) bond motifs is 1. The average Bonchev–Trinajstić information content (AvgIpc) is 3.10. The summed E-state index contributed by atoms with van der Waals surface area (Å²) in [5.41, 5.74) is 1.93. The van der Waals surface area contributed by atoms with Crippen LogP contribution in [0, 0.1) is 0 Å². The molecule has 0 unspecified atom stereocenters. The van der Waals surface area contributed by atoms with E-state index in [1.807, 2.05) is 34.9 Å². The monoisotopic (exact) mass is 308 g/mol. The van der Waals surface area contributed by atoms with Gasteiger partial charge in [-0.25, -0.2) is 0 Å². The standard InChI is InChI=1S/C18H20N4O/c1-21-10-7-14(8-11-21)22-17(16-6-9-19-20-16)12-13-4-2-3-5-15(13)18(22)23/h2-6,9,12,14H,7-8,10-11H2,1H3,(H,19,20). The zero-order valence-electron chi connectivity index (χ0n) is 13.2.